The molecule has 2 aromatic rings. The molecule has 1 aromatic carbocycles. The zero-order valence-electron chi connectivity index (χ0n) is 14.1. The smallest absolute Gasteiger partial charge is 0.284 e. The van der Waals surface area contributed by atoms with Crippen molar-refractivity contribution in [2.24, 2.45) is 10.7 Å². The molecule has 0 spiro atoms. The lowest BCUT2D eigenvalue weighted by molar-refractivity contribution is 0.0972. The molecule has 1 atom stereocenters. The Balaban J connectivity index is 0.00000312. The quantitative estimate of drug-likeness (QED) is 0.308. The Kier molecular flexibility index (Phi) is 8.98. The van der Waals surface area contributed by atoms with Crippen LogP contribution in [0.15, 0.2) is 50.3 Å². The summed E-state index contributed by atoms with van der Waals surface area (Å²) in [5.41, 5.74) is 6.31. The summed E-state index contributed by atoms with van der Waals surface area (Å²) in [6.07, 6.45) is 0. The van der Waals surface area contributed by atoms with E-state index in [1.807, 2.05) is 25.1 Å². The first-order valence-corrected chi connectivity index (χ1v) is 8.48. The topological polar surface area (TPSA) is 92.6 Å². The molecule has 2 rings (SSSR count). The minimum Gasteiger partial charge on any atom is -0.454 e. The molecule has 25 heavy (non-hydrogen) atoms. The van der Waals surface area contributed by atoms with Crippen LogP contribution in [0.2, 0.25) is 0 Å². The van der Waals surface area contributed by atoms with E-state index in [9.17, 15) is 4.79 Å². The lowest BCUT2D eigenvalue weighted by Crippen LogP contribution is -2.38. The van der Waals surface area contributed by atoms with Crippen LogP contribution >= 0.6 is 39.9 Å². The fourth-order valence-electron chi connectivity index (χ4n) is 2.18. The summed E-state index contributed by atoms with van der Waals surface area (Å²) >= 11 is 3.56. The van der Waals surface area contributed by atoms with Gasteiger partial charge in [0.1, 0.15) is 12.3 Å². The summed E-state index contributed by atoms with van der Waals surface area (Å²) in [6.45, 7) is 5.11. The summed E-state index contributed by atoms with van der Waals surface area (Å²) in [6, 6.07) is 11.4. The molecule has 0 saturated carbocycles. The summed E-state index contributed by atoms with van der Waals surface area (Å²) < 4.78 is 6.38. The van der Waals surface area contributed by atoms with Crippen molar-refractivity contribution < 1.29 is 9.21 Å². The van der Waals surface area contributed by atoms with Gasteiger partial charge in [-0.05, 0) is 37.6 Å². The van der Waals surface area contributed by atoms with E-state index in [1.165, 1.54) is 0 Å². The van der Waals surface area contributed by atoms with Crippen LogP contribution in [0.4, 0.5) is 0 Å². The number of carbonyl (C=O) groups excluding carboxylic acids is 1. The highest BCUT2D eigenvalue weighted by atomic mass is 127. The number of furan rings is 1. The fraction of sp³-hybridized carbons (Fsp3) is 0.294. The van der Waals surface area contributed by atoms with Gasteiger partial charge in [0, 0.05) is 11.0 Å². The average Bonchev–Trinajstić information content (AvgIpc) is 3.02. The Labute approximate surface area is 172 Å². The second-order valence-corrected chi connectivity index (χ2v) is 6.07. The lowest BCUT2D eigenvalue weighted by atomic mass is 10.1. The van der Waals surface area contributed by atoms with Crippen molar-refractivity contribution in [3.05, 3.63) is 58.0 Å². The van der Waals surface area contributed by atoms with Gasteiger partial charge in [-0.3, -0.25) is 4.79 Å². The summed E-state index contributed by atoms with van der Waals surface area (Å²) in [5.74, 6) is 0.796. The molecule has 8 heteroatoms. The molecule has 6 nitrogen and oxygen atoms in total. The lowest BCUT2D eigenvalue weighted by Gasteiger charge is -2.19. The number of rotatable bonds is 6. The maximum atomic E-state index is 11.1. The predicted molar refractivity (Wildman–Crippen MR) is 113 cm³/mol. The van der Waals surface area contributed by atoms with Gasteiger partial charge >= 0.3 is 0 Å². The van der Waals surface area contributed by atoms with Crippen LogP contribution in [0.1, 0.15) is 41.8 Å². The van der Waals surface area contributed by atoms with Crippen molar-refractivity contribution in [1.29, 1.82) is 0 Å². The molecule has 4 N–H and O–H groups in total. The third-order valence-electron chi connectivity index (χ3n) is 3.37. The van der Waals surface area contributed by atoms with Crippen LogP contribution in [0, 0.1) is 0 Å². The Hall–Kier alpha value is -1.55. The SMILES string of the molecule is CCNC(=NCc1ccc(C(N)=O)o1)NC(C)c1ccccc1Br.I. The summed E-state index contributed by atoms with van der Waals surface area (Å²) in [7, 11) is 0. The first-order valence-electron chi connectivity index (χ1n) is 7.69. The van der Waals surface area contributed by atoms with E-state index in [1.54, 1.807) is 12.1 Å². The number of guanidine groups is 1. The van der Waals surface area contributed by atoms with Gasteiger partial charge in [0.15, 0.2) is 11.7 Å². The molecule has 1 unspecified atom stereocenters. The first-order chi connectivity index (χ1) is 11.5. The molecule has 1 heterocycles. The van der Waals surface area contributed by atoms with Gasteiger partial charge in [-0.25, -0.2) is 4.99 Å². The monoisotopic (exact) mass is 520 g/mol. The molecule has 0 bridgehead atoms. The molecule has 136 valence electrons. The number of hydrogen-bond acceptors (Lipinski definition) is 3. The second-order valence-electron chi connectivity index (χ2n) is 5.21. The molecule has 0 saturated heterocycles. The summed E-state index contributed by atoms with van der Waals surface area (Å²) in [4.78, 5) is 15.5. The highest BCUT2D eigenvalue weighted by Gasteiger charge is 2.11. The minimum atomic E-state index is -0.585. The van der Waals surface area contributed by atoms with Crippen LogP contribution < -0.4 is 16.4 Å². The molecule has 0 radical (unpaired) electrons. The normalized spacial score (nSPS) is 12.2. The molecule has 1 aromatic heterocycles. The number of amides is 1. The van der Waals surface area contributed by atoms with Gasteiger partial charge in [-0.15, -0.1) is 24.0 Å². The summed E-state index contributed by atoms with van der Waals surface area (Å²) in [5, 5.41) is 6.54. The number of hydrogen-bond donors (Lipinski definition) is 3. The Bertz CT molecular complexity index is 733. The molecular weight excluding hydrogens is 499 g/mol. The number of halogens is 2. The van der Waals surface area contributed by atoms with Crippen molar-refractivity contribution >= 4 is 51.8 Å². The first kappa shape index (κ1) is 21.5. The van der Waals surface area contributed by atoms with Crippen molar-refractivity contribution in [2.75, 3.05) is 6.54 Å². The number of nitrogens with zero attached hydrogens (tertiary/aromatic N) is 1. The van der Waals surface area contributed by atoms with E-state index in [-0.39, 0.29) is 35.8 Å². The third-order valence-corrected chi connectivity index (χ3v) is 4.09. The Morgan fingerprint density at radius 3 is 2.64 bits per heavy atom. The predicted octanol–water partition coefficient (Wildman–Crippen LogP) is 3.58. The van der Waals surface area contributed by atoms with Crippen LogP contribution in [-0.2, 0) is 6.54 Å². The van der Waals surface area contributed by atoms with Crippen LogP contribution in [0.5, 0.6) is 0 Å². The van der Waals surface area contributed by atoms with Crippen molar-refractivity contribution in [1.82, 2.24) is 10.6 Å². The number of primary amides is 1. The van der Waals surface area contributed by atoms with Crippen LogP contribution in [-0.4, -0.2) is 18.4 Å². The van der Waals surface area contributed by atoms with Crippen molar-refractivity contribution in [3.63, 3.8) is 0 Å². The number of nitrogens with two attached hydrogens (primary N) is 1. The molecule has 0 aliphatic rings. The standard InChI is InChI=1S/C17H21BrN4O2.HI/c1-3-20-17(21-10-12-8-9-15(24-12)16(19)23)22-11(2)13-6-4-5-7-14(13)18;/h4-9,11H,3,10H2,1-2H3,(H2,19,23)(H2,20,21,22);1H. The van der Waals surface area contributed by atoms with Crippen molar-refractivity contribution in [2.45, 2.75) is 26.4 Å². The third kappa shape index (κ3) is 6.35. The number of aliphatic imine (C=N–C) groups is 1. The van der Waals surface area contributed by atoms with E-state index in [0.717, 1.165) is 16.6 Å². The molecular formula is C17H22BrIN4O2. The zero-order valence-corrected chi connectivity index (χ0v) is 18.0. The van der Waals surface area contributed by atoms with Gasteiger partial charge in [0.2, 0.25) is 0 Å². The number of benzene rings is 1. The van der Waals surface area contributed by atoms with Crippen molar-refractivity contribution in [3.8, 4) is 0 Å². The Morgan fingerprint density at radius 1 is 1.32 bits per heavy atom. The van der Waals surface area contributed by atoms with Gasteiger partial charge in [-0.1, -0.05) is 34.1 Å². The molecule has 0 fully saturated rings. The fourth-order valence-corrected chi connectivity index (χ4v) is 2.81. The number of carbonyl (C=O) groups is 1. The van der Waals surface area contributed by atoms with Gasteiger partial charge in [0.25, 0.3) is 5.91 Å². The highest BCUT2D eigenvalue weighted by molar-refractivity contribution is 14.0. The van der Waals surface area contributed by atoms with E-state index in [4.69, 9.17) is 10.2 Å². The molecule has 1 amide bonds. The zero-order chi connectivity index (χ0) is 17.5. The maximum Gasteiger partial charge on any atom is 0.284 e. The van der Waals surface area contributed by atoms with E-state index >= 15 is 0 Å². The van der Waals surface area contributed by atoms with Crippen LogP contribution in [0.3, 0.4) is 0 Å². The molecule has 0 aliphatic heterocycles. The maximum absolute atomic E-state index is 11.1. The largest absolute Gasteiger partial charge is 0.454 e. The van der Waals surface area contributed by atoms with Crippen LogP contribution in [0.25, 0.3) is 0 Å². The minimum absolute atomic E-state index is 0. The Morgan fingerprint density at radius 2 is 2.04 bits per heavy atom. The van der Waals surface area contributed by atoms with E-state index in [0.29, 0.717) is 18.3 Å². The highest BCUT2D eigenvalue weighted by Crippen LogP contribution is 2.22. The van der Waals surface area contributed by atoms with Gasteiger partial charge in [0.05, 0.1) is 6.04 Å². The van der Waals surface area contributed by atoms with Gasteiger partial charge < -0.3 is 20.8 Å². The number of nitrogens with one attached hydrogen (secondary N) is 2. The average molecular weight is 521 g/mol. The van der Waals surface area contributed by atoms with E-state index in [2.05, 4.69) is 44.5 Å². The second kappa shape index (κ2) is 10.4. The van der Waals surface area contributed by atoms with E-state index < -0.39 is 5.91 Å². The van der Waals surface area contributed by atoms with Gasteiger partial charge in [-0.2, -0.15) is 0 Å². The molecule has 0 aliphatic carbocycles.